The van der Waals surface area contributed by atoms with E-state index in [-0.39, 0.29) is 30.9 Å². The average molecular weight is 477 g/mol. The van der Waals surface area contributed by atoms with E-state index in [1.54, 1.807) is 11.0 Å². The van der Waals surface area contributed by atoms with Gasteiger partial charge in [0.2, 0.25) is 5.91 Å². The summed E-state index contributed by atoms with van der Waals surface area (Å²) in [6, 6.07) is 15.1. The number of alkyl carbamates (subject to hydrolysis) is 1. The highest BCUT2D eigenvalue weighted by Crippen LogP contribution is 2.44. The number of ether oxygens (including phenoxy) is 1. The van der Waals surface area contributed by atoms with Crippen LogP contribution in [0.25, 0.3) is 11.1 Å². The van der Waals surface area contributed by atoms with Gasteiger partial charge in [-0.05, 0) is 54.4 Å². The van der Waals surface area contributed by atoms with E-state index in [0.29, 0.717) is 25.8 Å². The monoisotopic (exact) mass is 476 g/mol. The van der Waals surface area contributed by atoms with E-state index >= 15 is 0 Å². The molecule has 2 N–H and O–H groups in total. The number of carbonyl (C=O) groups is 3. The van der Waals surface area contributed by atoms with Crippen molar-refractivity contribution in [2.75, 3.05) is 13.2 Å². The maximum absolute atomic E-state index is 13.3. The molecule has 1 saturated heterocycles. The molecule has 0 saturated carbocycles. The lowest BCUT2D eigenvalue weighted by Crippen LogP contribution is -2.54. The summed E-state index contributed by atoms with van der Waals surface area (Å²) in [5.74, 6) is -1.26. The Bertz CT molecular complexity index is 1050. The second-order valence-corrected chi connectivity index (χ2v) is 9.17. The summed E-state index contributed by atoms with van der Waals surface area (Å²) in [5.41, 5.74) is 4.52. The smallest absolute Gasteiger partial charge is 0.407 e. The van der Waals surface area contributed by atoms with E-state index in [1.165, 1.54) is 0 Å². The summed E-state index contributed by atoms with van der Waals surface area (Å²) in [4.78, 5) is 39.1. The molecule has 35 heavy (non-hydrogen) atoms. The van der Waals surface area contributed by atoms with Gasteiger partial charge in [-0.1, -0.05) is 54.6 Å². The summed E-state index contributed by atoms with van der Waals surface area (Å²) in [5, 5.41) is 12.0. The molecule has 2 aromatic rings. The van der Waals surface area contributed by atoms with Crippen molar-refractivity contribution in [3.05, 3.63) is 72.3 Å². The Kier molecular flexibility index (Phi) is 7.85. The largest absolute Gasteiger partial charge is 0.481 e. The number of benzene rings is 2. The quantitative estimate of drug-likeness (QED) is 0.511. The Morgan fingerprint density at radius 2 is 1.74 bits per heavy atom. The Morgan fingerprint density at radius 3 is 2.37 bits per heavy atom. The molecular formula is C28H32N2O5. The van der Waals surface area contributed by atoms with Crippen molar-refractivity contribution in [1.82, 2.24) is 10.2 Å². The molecule has 0 bridgehead atoms. The third-order valence-electron chi connectivity index (χ3n) is 6.91. The minimum atomic E-state index is -0.929. The predicted molar refractivity (Wildman–Crippen MR) is 133 cm³/mol. The normalized spacial score (nSPS) is 17.7. The second-order valence-electron chi connectivity index (χ2n) is 9.17. The number of hydrogen-bond donors (Lipinski definition) is 2. The first-order chi connectivity index (χ1) is 17.0. The van der Waals surface area contributed by atoms with Crippen molar-refractivity contribution < 1.29 is 24.2 Å². The van der Waals surface area contributed by atoms with Crippen molar-refractivity contribution in [3.63, 3.8) is 0 Å². The summed E-state index contributed by atoms with van der Waals surface area (Å²) < 4.78 is 5.64. The molecule has 1 fully saturated rings. The van der Waals surface area contributed by atoms with Crippen molar-refractivity contribution in [2.24, 2.45) is 0 Å². The van der Waals surface area contributed by atoms with Crippen LogP contribution >= 0.6 is 0 Å². The first-order valence-electron chi connectivity index (χ1n) is 12.2. The molecule has 0 spiro atoms. The topological polar surface area (TPSA) is 95.9 Å². The highest BCUT2D eigenvalue weighted by molar-refractivity contribution is 5.86. The number of amides is 2. The molecule has 2 amide bonds. The van der Waals surface area contributed by atoms with E-state index in [1.807, 2.05) is 24.3 Å². The number of aliphatic carboxylic acids is 1. The molecule has 2 aliphatic rings. The van der Waals surface area contributed by atoms with Crippen LogP contribution in [0.4, 0.5) is 4.79 Å². The maximum Gasteiger partial charge on any atom is 0.407 e. The lowest BCUT2D eigenvalue weighted by molar-refractivity contribution is -0.143. The average Bonchev–Trinajstić information content (AvgIpc) is 3.18. The summed E-state index contributed by atoms with van der Waals surface area (Å²) in [6.45, 7) is 4.38. The van der Waals surface area contributed by atoms with Gasteiger partial charge in [0.05, 0.1) is 6.42 Å². The SMILES string of the molecule is C=CCCC(NC(=O)OCC1c2ccccc2-c2ccccc21)C(=O)N1CCCC[C@H]1CC(=O)O. The lowest BCUT2D eigenvalue weighted by Gasteiger charge is -2.37. The number of hydrogen-bond acceptors (Lipinski definition) is 4. The van der Waals surface area contributed by atoms with Crippen LogP contribution in [-0.4, -0.2) is 53.2 Å². The standard InChI is InChI=1S/C28H32N2O5/c1-2-3-15-25(27(33)30-16-9-8-10-19(30)17-26(31)32)29-28(34)35-18-24-22-13-6-4-11-20(22)21-12-5-7-14-23(21)24/h2,4-7,11-14,19,24-25H,1,3,8-10,15-18H2,(H,29,34)(H,31,32)/t19-,25?/m0/s1. The van der Waals surface area contributed by atoms with E-state index in [4.69, 9.17) is 4.74 Å². The molecule has 1 heterocycles. The third-order valence-corrected chi connectivity index (χ3v) is 6.91. The predicted octanol–water partition coefficient (Wildman–Crippen LogP) is 4.72. The zero-order chi connectivity index (χ0) is 24.8. The molecule has 0 aromatic heterocycles. The van der Waals surface area contributed by atoms with Crippen LogP contribution < -0.4 is 5.32 Å². The van der Waals surface area contributed by atoms with E-state index in [2.05, 4.69) is 36.2 Å². The van der Waals surface area contributed by atoms with Gasteiger partial charge in [-0.15, -0.1) is 6.58 Å². The van der Waals surface area contributed by atoms with Gasteiger partial charge in [0.1, 0.15) is 12.6 Å². The number of piperidine rings is 1. The fourth-order valence-electron chi connectivity index (χ4n) is 5.23. The molecule has 2 aromatic carbocycles. The Balaban J connectivity index is 1.43. The first kappa shape index (κ1) is 24.5. The number of nitrogens with zero attached hydrogens (tertiary/aromatic N) is 1. The number of carboxylic acids is 1. The van der Waals surface area contributed by atoms with Gasteiger partial charge in [0, 0.05) is 18.5 Å². The van der Waals surface area contributed by atoms with Crippen LogP contribution in [0.15, 0.2) is 61.2 Å². The van der Waals surface area contributed by atoms with E-state index < -0.39 is 18.1 Å². The number of nitrogens with one attached hydrogen (secondary N) is 1. The van der Waals surface area contributed by atoms with Crippen LogP contribution in [0.3, 0.4) is 0 Å². The summed E-state index contributed by atoms with van der Waals surface area (Å²) in [6.07, 6.45) is 4.23. The number of allylic oxidation sites excluding steroid dienone is 1. The van der Waals surface area contributed by atoms with Crippen LogP contribution in [-0.2, 0) is 14.3 Å². The van der Waals surface area contributed by atoms with Crippen LogP contribution in [0.1, 0.15) is 55.6 Å². The van der Waals surface area contributed by atoms with Gasteiger partial charge in [-0.25, -0.2) is 4.79 Å². The zero-order valence-electron chi connectivity index (χ0n) is 19.8. The van der Waals surface area contributed by atoms with Gasteiger partial charge >= 0.3 is 12.1 Å². The van der Waals surface area contributed by atoms with Crippen molar-refractivity contribution in [1.29, 1.82) is 0 Å². The number of fused-ring (bicyclic) bond motifs is 3. The van der Waals surface area contributed by atoms with Gasteiger partial charge in [0.15, 0.2) is 0 Å². The fraction of sp³-hybridized carbons (Fsp3) is 0.393. The Labute approximate surface area is 205 Å². The molecular weight excluding hydrogens is 444 g/mol. The Morgan fingerprint density at radius 1 is 1.09 bits per heavy atom. The molecule has 1 aliphatic heterocycles. The van der Waals surface area contributed by atoms with Crippen molar-refractivity contribution in [2.45, 2.75) is 56.5 Å². The maximum atomic E-state index is 13.3. The molecule has 1 aliphatic carbocycles. The van der Waals surface area contributed by atoms with Crippen LogP contribution in [0.2, 0.25) is 0 Å². The van der Waals surface area contributed by atoms with Crippen LogP contribution in [0, 0.1) is 0 Å². The Hall–Kier alpha value is -3.61. The summed E-state index contributed by atoms with van der Waals surface area (Å²) >= 11 is 0. The van der Waals surface area contributed by atoms with Crippen molar-refractivity contribution >= 4 is 18.0 Å². The van der Waals surface area contributed by atoms with E-state index in [0.717, 1.165) is 35.1 Å². The molecule has 0 radical (unpaired) electrons. The van der Waals surface area contributed by atoms with Crippen molar-refractivity contribution in [3.8, 4) is 11.1 Å². The lowest BCUT2D eigenvalue weighted by atomic mass is 9.97. The molecule has 1 unspecified atom stereocenters. The fourth-order valence-corrected chi connectivity index (χ4v) is 5.23. The molecule has 4 rings (SSSR count). The summed E-state index contributed by atoms with van der Waals surface area (Å²) in [7, 11) is 0. The van der Waals surface area contributed by atoms with Gasteiger partial charge in [-0.2, -0.15) is 0 Å². The van der Waals surface area contributed by atoms with Gasteiger partial charge in [0.25, 0.3) is 0 Å². The highest BCUT2D eigenvalue weighted by atomic mass is 16.5. The second kappa shape index (κ2) is 11.2. The molecule has 184 valence electrons. The minimum Gasteiger partial charge on any atom is -0.481 e. The molecule has 7 nitrogen and oxygen atoms in total. The van der Waals surface area contributed by atoms with E-state index in [9.17, 15) is 19.5 Å². The minimum absolute atomic E-state index is 0.0717. The molecule has 2 atom stereocenters. The zero-order valence-corrected chi connectivity index (χ0v) is 19.8. The first-order valence-corrected chi connectivity index (χ1v) is 12.2. The van der Waals surface area contributed by atoms with Crippen LogP contribution in [0.5, 0.6) is 0 Å². The number of likely N-dealkylation sites (tertiary alicyclic amines) is 1. The number of carboxylic acid groups (broad SMARTS) is 1. The van der Waals surface area contributed by atoms with Gasteiger partial charge < -0.3 is 20.1 Å². The molecule has 7 heteroatoms. The third kappa shape index (κ3) is 5.56. The number of carbonyl (C=O) groups excluding carboxylic acids is 2. The highest BCUT2D eigenvalue weighted by Gasteiger charge is 2.34. The van der Waals surface area contributed by atoms with Gasteiger partial charge in [-0.3, -0.25) is 9.59 Å². The number of rotatable bonds is 9.